The Bertz CT molecular complexity index is 1490. The van der Waals surface area contributed by atoms with Crippen LogP contribution < -0.4 is 5.32 Å². The quantitative estimate of drug-likeness (QED) is 0.346. The van der Waals surface area contributed by atoms with Gasteiger partial charge in [0, 0.05) is 47.2 Å². The van der Waals surface area contributed by atoms with Crippen molar-refractivity contribution >= 4 is 28.3 Å². The van der Waals surface area contributed by atoms with Crippen LogP contribution >= 0.6 is 0 Å². The Kier molecular flexibility index (Phi) is 5.23. The van der Waals surface area contributed by atoms with Crippen molar-refractivity contribution in [1.82, 2.24) is 30.0 Å². The first-order chi connectivity index (χ1) is 17.1. The third-order valence-corrected chi connectivity index (χ3v) is 6.24. The normalized spacial score (nSPS) is 13.5. The minimum absolute atomic E-state index is 0.0442. The number of rotatable bonds is 6. The van der Waals surface area contributed by atoms with Gasteiger partial charge in [-0.15, -0.1) is 0 Å². The molecule has 1 saturated heterocycles. The standard InChI is InChI=1S/C26H23N7O2/c1-33(21-14-35-15-21)26(34)23-10-17-2-3-18(11-22(17)31-23)25-27-9-8-24(32-25)30-20-6-4-16(5-7-20)19-12-28-29-13-19/h2-13,21,31H,14-15H2,1H3,(H,28,29)(H,27,30,32). The van der Waals surface area contributed by atoms with Crippen molar-refractivity contribution in [2.45, 2.75) is 6.04 Å². The molecule has 0 spiro atoms. The molecule has 3 N–H and O–H groups in total. The number of nitrogens with one attached hydrogen (secondary N) is 3. The Morgan fingerprint density at radius 3 is 2.63 bits per heavy atom. The fraction of sp³-hybridized carbons (Fsp3) is 0.154. The van der Waals surface area contributed by atoms with E-state index < -0.39 is 0 Å². The first-order valence-electron chi connectivity index (χ1n) is 11.3. The molecule has 4 heterocycles. The number of benzene rings is 2. The SMILES string of the molecule is CN(C(=O)c1cc2ccc(-c3nccc(Nc4ccc(-c5cn[nH]c5)cc4)n3)cc2[nH]1)C1COC1. The summed E-state index contributed by atoms with van der Waals surface area (Å²) in [5.41, 5.74) is 5.32. The molecular weight excluding hydrogens is 442 g/mol. The Hall–Kier alpha value is -4.50. The summed E-state index contributed by atoms with van der Waals surface area (Å²) in [5.74, 6) is 1.24. The second kappa shape index (κ2) is 8.69. The molecule has 9 heteroatoms. The second-order valence-electron chi connectivity index (χ2n) is 8.55. The van der Waals surface area contributed by atoms with Crippen molar-refractivity contribution in [3.8, 4) is 22.5 Å². The van der Waals surface area contributed by atoms with Gasteiger partial charge in [-0.2, -0.15) is 5.10 Å². The van der Waals surface area contributed by atoms with Crippen molar-refractivity contribution < 1.29 is 9.53 Å². The molecule has 0 radical (unpaired) electrons. The van der Waals surface area contributed by atoms with Crippen LogP contribution in [0.25, 0.3) is 33.4 Å². The van der Waals surface area contributed by atoms with Crippen LogP contribution in [0.4, 0.5) is 11.5 Å². The first-order valence-corrected chi connectivity index (χ1v) is 11.3. The van der Waals surface area contributed by atoms with Crippen LogP contribution in [0.3, 0.4) is 0 Å². The molecule has 5 aromatic rings. The summed E-state index contributed by atoms with van der Waals surface area (Å²) < 4.78 is 5.21. The average Bonchev–Trinajstić information content (AvgIpc) is 3.53. The lowest BCUT2D eigenvalue weighted by Crippen LogP contribution is -2.49. The summed E-state index contributed by atoms with van der Waals surface area (Å²) in [6, 6.07) is 17.8. The molecule has 0 aliphatic carbocycles. The molecule has 0 saturated carbocycles. The molecule has 174 valence electrons. The van der Waals surface area contributed by atoms with Crippen LogP contribution in [0.1, 0.15) is 10.5 Å². The van der Waals surface area contributed by atoms with Gasteiger partial charge in [0.15, 0.2) is 5.82 Å². The number of aromatic nitrogens is 5. The lowest BCUT2D eigenvalue weighted by molar-refractivity contribution is -0.0469. The van der Waals surface area contributed by atoms with Crippen molar-refractivity contribution in [3.63, 3.8) is 0 Å². The van der Waals surface area contributed by atoms with Crippen molar-refractivity contribution in [1.29, 1.82) is 0 Å². The summed E-state index contributed by atoms with van der Waals surface area (Å²) in [5, 5.41) is 11.1. The van der Waals surface area contributed by atoms with Gasteiger partial charge in [-0.3, -0.25) is 9.89 Å². The maximum absolute atomic E-state index is 12.8. The maximum Gasteiger partial charge on any atom is 0.270 e. The van der Waals surface area contributed by atoms with E-state index in [0.717, 1.165) is 33.3 Å². The number of nitrogens with zero attached hydrogens (tertiary/aromatic N) is 4. The molecule has 9 nitrogen and oxygen atoms in total. The zero-order valence-corrected chi connectivity index (χ0v) is 19.0. The number of carbonyl (C=O) groups excluding carboxylic acids is 1. The molecule has 0 unspecified atom stereocenters. The predicted octanol–water partition coefficient (Wildman–Crippen LogP) is 4.23. The molecule has 35 heavy (non-hydrogen) atoms. The van der Waals surface area contributed by atoms with Crippen LogP contribution in [0.2, 0.25) is 0 Å². The molecule has 1 fully saturated rings. The van der Waals surface area contributed by atoms with Crippen LogP contribution in [0.15, 0.2) is 73.2 Å². The largest absolute Gasteiger partial charge is 0.377 e. The summed E-state index contributed by atoms with van der Waals surface area (Å²) in [6.07, 6.45) is 5.38. The first kappa shape index (κ1) is 21.1. The number of aromatic amines is 2. The Labute approximate surface area is 201 Å². The summed E-state index contributed by atoms with van der Waals surface area (Å²) in [4.78, 5) is 26.9. The highest BCUT2D eigenvalue weighted by atomic mass is 16.5. The molecule has 0 bridgehead atoms. The van der Waals surface area contributed by atoms with Gasteiger partial charge in [0.05, 0.1) is 25.5 Å². The third kappa shape index (κ3) is 4.13. The highest BCUT2D eigenvalue weighted by Crippen LogP contribution is 2.26. The molecular formula is C26H23N7O2. The average molecular weight is 466 g/mol. The van der Waals surface area contributed by atoms with Crippen molar-refractivity contribution in [3.05, 3.63) is 78.9 Å². The zero-order chi connectivity index (χ0) is 23.8. The van der Waals surface area contributed by atoms with Gasteiger partial charge < -0.3 is 19.9 Å². The van der Waals surface area contributed by atoms with E-state index in [4.69, 9.17) is 4.74 Å². The molecule has 1 aliphatic heterocycles. The molecule has 1 aliphatic rings. The van der Waals surface area contributed by atoms with Gasteiger partial charge in [-0.05, 0) is 35.9 Å². The van der Waals surface area contributed by atoms with E-state index in [0.29, 0.717) is 30.5 Å². The number of ether oxygens (including phenoxy) is 1. The van der Waals surface area contributed by atoms with Crippen LogP contribution in [-0.2, 0) is 4.74 Å². The number of fused-ring (bicyclic) bond motifs is 1. The van der Waals surface area contributed by atoms with Crippen LogP contribution in [0.5, 0.6) is 0 Å². The number of anilines is 2. The molecule has 2 aromatic carbocycles. The fourth-order valence-corrected chi connectivity index (χ4v) is 4.05. The lowest BCUT2D eigenvalue weighted by atomic mass is 10.1. The van der Waals surface area contributed by atoms with Crippen LogP contribution in [0, 0.1) is 0 Å². The zero-order valence-electron chi connectivity index (χ0n) is 19.0. The Balaban J connectivity index is 1.21. The summed E-state index contributed by atoms with van der Waals surface area (Å²) >= 11 is 0. The molecule has 0 atom stereocenters. The number of H-pyrrole nitrogens is 2. The monoisotopic (exact) mass is 465 g/mol. The van der Waals surface area contributed by atoms with Gasteiger partial charge in [0.25, 0.3) is 5.91 Å². The molecule has 3 aromatic heterocycles. The second-order valence-corrected chi connectivity index (χ2v) is 8.55. The minimum atomic E-state index is -0.0442. The Morgan fingerprint density at radius 2 is 1.89 bits per heavy atom. The van der Waals surface area contributed by atoms with Crippen molar-refractivity contribution in [2.24, 2.45) is 0 Å². The van der Waals surface area contributed by atoms with Gasteiger partial charge in [0.1, 0.15) is 11.5 Å². The van der Waals surface area contributed by atoms with E-state index in [-0.39, 0.29) is 11.9 Å². The minimum Gasteiger partial charge on any atom is -0.377 e. The van der Waals surface area contributed by atoms with Gasteiger partial charge in [-0.1, -0.05) is 24.3 Å². The van der Waals surface area contributed by atoms with E-state index in [2.05, 4.69) is 30.5 Å². The summed E-state index contributed by atoms with van der Waals surface area (Å²) in [7, 11) is 1.81. The smallest absolute Gasteiger partial charge is 0.270 e. The van der Waals surface area contributed by atoms with E-state index in [1.54, 1.807) is 17.3 Å². The highest BCUT2D eigenvalue weighted by Gasteiger charge is 2.28. The van der Waals surface area contributed by atoms with Gasteiger partial charge >= 0.3 is 0 Å². The predicted molar refractivity (Wildman–Crippen MR) is 133 cm³/mol. The Morgan fingerprint density at radius 1 is 1.06 bits per heavy atom. The third-order valence-electron chi connectivity index (χ3n) is 6.24. The number of hydrogen-bond donors (Lipinski definition) is 3. The maximum atomic E-state index is 12.8. The molecule has 1 amide bonds. The topological polar surface area (TPSA) is 112 Å². The van der Waals surface area contributed by atoms with E-state index >= 15 is 0 Å². The van der Waals surface area contributed by atoms with E-state index in [1.165, 1.54) is 0 Å². The van der Waals surface area contributed by atoms with Crippen molar-refractivity contribution in [2.75, 3.05) is 25.6 Å². The number of amides is 1. The number of likely N-dealkylation sites (N-methyl/N-ethyl adjacent to an activating group) is 1. The number of hydrogen-bond acceptors (Lipinski definition) is 6. The van der Waals surface area contributed by atoms with Crippen LogP contribution in [-0.4, -0.2) is 62.3 Å². The fourth-order valence-electron chi connectivity index (χ4n) is 4.05. The summed E-state index contributed by atoms with van der Waals surface area (Å²) in [6.45, 7) is 1.17. The van der Waals surface area contributed by atoms with Gasteiger partial charge in [-0.25, -0.2) is 9.97 Å². The number of carbonyl (C=O) groups is 1. The highest BCUT2D eigenvalue weighted by molar-refractivity contribution is 5.98. The van der Waals surface area contributed by atoms with E-state index in [9.17, 15) is 4.79 Å². The lowest BCUT2D eigenvalue weighted by Gasteiger charge is -2.34. The van der Waals surface area contributed by atoms with Gasteiger partial charge in [0.2, 0.25) is 0 Å². The molecule has 6 rings (SSSR count). The van der Waals surface area contributed by atoms with E-state index in [1.807, 2.05) is 67.8 Å².